The van der Waals surface area contributed by atoms with Gasteiger partial charge in [0.15, 0.2) is 12.4 Å². The van der Waals surface area contributed by atoms with Gasteiger partial charge in [0.25, 0.3) is 0 Å². The molecule has 2 aromatic heterocycles. The molecule has 2 aliphatic rings. The van der Waals surface area contributed by atoms with Crippen molar-refractivity contribution in [2.24, 2.45) is 0 Å². The Morgan fingerprint density at radius 2 is 2.09 bits per heavy atom. The van der Waals surface area contributed by atoms with Gasteiger partial charge in [-0.05, 0) is 60.6 Å². The Morgan fingerprint density at radius 1 is 1.26 bits per heavy atom. The van der Waals surface area contributed by atoms with Crippen LogP contribution in [-0.2, 0) is 24.2 Å². The van der Waals surface area contributed by atoms with Crippen LogP contribution < -0.4 is 0 Å². The number of tetrazole rings is 1. The Hall–Kier alpha value is -1.76. The van der Waals surface area contributed by atoms with E-state index in [1.807, 2.05) is 6.07 Å². The summed E-state index contributed by atoms with van der Waals surface area (Å²) < 4.78 is 7.22. The van der Waals surface area contributed by atoms with E-state index < -0.39 is 0 Å². The molecule has 0 amide bonds. The number of hydrogen-bond acceptors (Lipinski definition) is 6. The van der Waals surface area contributed by atoms with Gasteiger partial charge in [0.05, 0.1) is 6.04 Å². The third-order valence-corrected chi connectivity index (χ3v) is 5.70. The first-order valence-electron chi connectivity index (χ1n) is 8.37. The summed E-state index contributed by atoms with van der Waals surface area (Å²) >= 11 is 1.59. The summed E-state index contributed by atoms with van der Waals surface area (Å²) in [5.41, 5.74) is 1.34. The molecule has 1 fully saturated rings. The highest BCUT2D eigenvalue weighted by molar-refractivity contribution is 7.14. The molecule has 0 atom stereocenters. The molecule has 2 aromatic rings. The highest BCUT2D eigenvalue weighted by Gasteiger charge is 2.28. The van der Waals surface area contributed by atoms with Crippen molar-refractivity contribution in [3.63, 3.8) is 0 Å². The number of fused-ring (bicyclic) bond motifs is 1. The van der Waals surface area contributed by atoms with Gasteiger partial charge in [-0.25, -0.2) is 9.48 Å². The SMILES string of the molecule is O=C(OCc1nnnn1C1CC1)c1cc2c(s1)CCCCCC2. The number of aryl methyl sites for hydroxylation is 2. The first-order valence-corrected chi connectivity index (χ1v) is 9.18. The van der Waals surface area contributed by atoms with Crippen LogP contribution in [0.3, 0.4) is 0 Å². The molecule has 0 bridgehead atoms. The van der Waals surface area contributed by atoms with Crippen LogP contribution in [0, 0.1) is 0 Å². The molecular weight excluding hydrogens is 312 g/mol. The average Bonchev–Trinajstić information content (AvgIpc) is 3.14. The monoisotopic (exact) mass is 332 g/mol. The zero-order valence-corrected chi connectivity index (χ0v) is 13.8. The van der Waals surface area contributed by atoms with Gasteiger partial charge in [-0.15, -0.1) is 16.4 Å². The number of esters is 1. The topological polar surface area (TPSA) is 69.9 Å². The molecule has 7 heteroatoms. The Morgan fingerprint density at radius 3 is 2.91 bits per heavy atom. The smallest absolute Gasteiger partial charge is 0.348 e. The van der Waals surface area contributed by atoms with Crippen LogP contribution in [0.4, 0.5) is 0 Å². The first kappa shape index (κ1) is 14.8. The maximum atomic E-state index is 12.3. The number of rotatable bonds is 4. The van der Waals surface area contributed by atoms with Gasteiger partial charge in [0.1, 0.15) is 4.88 Å². The maximum Gasteiger partial charge on any atom is 0.348 e. The van der Waals surface area contributed by atoms with Crippen molar-refractivity contribution in [3.8, 4) is 0 Å². The number of aromatic nitrogens is 4. The lowest BCUT2D eigenvalue weighted by atomic mass is 10.00. The van der Waals surface area contributed by atoms with E-state index in [4.69, 9.17) is 4.74 Å². The van der Waals surface area contributed by atoms with E-state index in [-0.39, 0.29) is 12.6 Å². The Kier molecular flexibility index (Phi) is 4.11. The minimum Gasteiger partial charge on any atom is -0.453 e. The van der Waals surface area contributed by atoms with Crippen molar-refractivity contribution in [2.75, 3.05) is 0 Å². The molecule has 6 nitrogen and oxygen atoms in total. The van der Waals surface area contributed by atoms with Crippen molar-refractivity contribution < 1.29 is 9.53 Å². The Bertz CT molecular complexity index is 679. The highest BCUT2D eigenvalue weighted by atomic mass is 32.1. The Balaban J connectivity index is 1.42. The lowest BCUT2D eigenvalue weighted by Gasteiger charge is -2.07. The van der Waals surface area contributed by atoms with Gasteiger partial charge in [0.2, 0.25) is 0 Å². The van der Waals surface area contributed by atoms with Gasteiger partial charge in [0, 0.05) is 4.88 Å². The van der Waals surface area contributed by atoms with E-state index in [0.717, 1.165) is 25.7 Å². The number of hydrogen-bond donors (Lipinski definition) is 0. The average molecular weight is 332 g/mol. The van der Waals surface area contributed by atoms with Crippen molar-refractivity contribution in [1.82, 2.24) is 20.2 Å². The Labute approximate surface area is 138 Å². The van der Waals surface area contributed by atoms with Crippen LogP contribution in [0.25, 0.3) is 0 Å². The molecule has 0 spiro atoms. The fourth-order valence-corrected chi connectivity index (χ4v) is 4.20. The summed E-state index contributed by atoms with van der Waals surface area (Å²) in [6.07, 6.45) is 9.39. The second kappa shape index (κ2) is 6.39. The van der Waals surface area contributed by atoms with Gasteiger partial charge in [-0.2, -0.15) is 0 Å². The van der Waals surface area contributed by atoms with E-state index in [2.05, 4.69) is 15.5 Å². The van der Waals surface area contributed by atoms with Crippen molar-refractivity contribution in [3.05, 3.63) is 27.2 Å². The van der Waals surface area contributed by atoms with E-state index in [0.29, 0.717) is 16.7 Å². The maximum absolute atomic E-state index is 12.3. The lowest BCUT2D eigenvalue weighted by molar-refractivity contribution is 0.0462. The molecule has 0 unspecified atom stereocenters. The molecule has 2 heterocycles. The van der Waals surface area contributed by atoms with E-state index in [9.17, 15) is 4.79 Å². The zero-order chi connectivity index (χ0) is 15.6. The number of thiophene rings is 1. The molecule has 4 rings (SSSR count). The van der Waals surface area contributed by atoms with E-state index in [1.165, 1.54) is 36.1 Å². The molecule has 0 N–H and O–H groups in total. The summed E-state index contributed by atoms with van der Waals surface area (Å²) in [5.74, 6) is 0.378. The van der Waals surface area contributed by atoms with E-state index >= 15 is 0 Å². The van der Waals surface area contributed by atoms with Crippen LogP contribution in [0.15, 0.2) is 6.07 Å². The summed E-state index contributed by atoms with van der Waals surface area (Å²) in [5, 5.41) is 11.6. The molecular formula is C16H20N4O2S. The number of carbonyl (C=O) groups is 1. The molecule has 0 saturated heterocycles. The minimum absolute atomic E-state index is 0.144. The minimum atomic E-state index is -0.257. The van der Waals surface area contributed by atoms with Gasteiger partial charge >= 0.3 is 5.97 Å². The van der Waals surface area contributed by atoms with Crippen LogP contribution in [0.5, 0.6) is 0 Å². The quantitative estimate of drug-likeness (QED) is 0.805. The summed E-state index contributed by atoms with van der Waals surface area (Å²) in [6, 6.07) is 2.41. The van der Waals surface area contributed by atoms with Crippen LogP contribution in [-0.4, -0.2) is 26.2 Å². The van der Waals surface area contributed by atoms with Crippen LogP contribution >= 0.6 is 11.3 Å². The third kappa shape index (κ3) is 3.29. The summed E-state index contributed by atoms with van der Waals surface area (Å²) in [4.78, 5) is 14.4. The molecule has 23 heavy (non-hydrogen) atoms. The van der Waals surface area contributed by atoms with Gasteiger partial charge < -0.3 is 4.74 Å². The second-order valence-electron chi connectivity index (χ2n) is 6.32. The van der Waals surface area contributed by atoms with E-state index in [1.54, 1.807) is 16.0 Å². The predicted molar refractivity (Wildman–Crippen MR) is 85.4 cm³/mol. The molecule has 122 valence electrons. The fraction of sp³-hybridized carbons (Fsp3) is 0.625. The number of ether oxygens (including phenoxy) is 1. The normalized spacial score (nSPS) is 18.1. The van der Waals surface area contributed by atoms with Crippen LogP contribution in [0.1, 0.15) is 70.5 Å². The van der Waals surface area contributed by atoms with Crippen molar-refractivity contribution in [2.45, 2.75) is 64.0 Å². The number of nitrogens with zero attached hydrogens (tertiary/aromatic N) is 4. The second-order valence-corrected chi connectivity index (χ2v) is 7.46. The van der Waals surface area contributed by atoms with Crippen LogP contribution in [0.2, 0.25) is 0 Å². The number of carbonyl (C=O) groups excluding carboxylic acids is 1. The fourth-order valence-electron chi connectivity index (χ4n) is 3.06. The lowest BCUT2D eigenvalue weighted by Crippen LogP contribution is -2.09. The first-order chi connectivity index (χ1) is 11.3. The molecule has 2 aliphatic carbocycles. The highest BCUT2D eigenvalue weighted by Crippen LogP contribution is 2.34. The molecule has 0 aliphatic heterocycles. The predicted octanol–water partition coefficient (Wildman–Crippen LogP) is 3.09. The summed E-state index contributed by atoms with van der Waals surface area (Å²) in [7, 11) is 0. The third-order valence-electron chi connectivity index (χ3n) is 4.48. The summed E-state index contributed by atoms with van der Waals surface area (Å²) in [6.45, 7) is 0.144. The molecule has 0 radical (unpaired) electrons. The molecule has 1 saturated carbocycles. The van der Waals surface area contributed by atoms with Gasteiger partial charge in [-0.3, -0.25) is 0 Å². The van der Waals surface area contributed by atoms with Crippen molar-refractivity contribution in [1.29, 1.82) is 0 Å². The largest absolute Gasteiger partial charge is 0.453 e. The standard InChI is InChI=1S/C16H20N4O2S/c21-16(22-10-15-17-18-19-20(15)12-7-8-12)14-9-11-5-3-1-2-4-6-13(11)23-14/h9,12H,1-8,10H2. The zero-order valence-electron chi connectivity index (χ0n) is 13.0. The van der Waals surface area contributed by atoms with Gasteiger partial charge in [-0.1, -0.05) is 12.8 Å². The van der Waals surface area contributed by atoms with Crippen molar-refractivity contribution >= 4 is 17.3 Å². The molecule has 0 aromatic carbocycles.